The smallest absolute Gasteiger partial charge is 0.159 e. The Morgan fingerprint density at radius 2 is 1.89 bits per heavy atom. The van der Waals surface area contributed by atoms with Gasteiger partial charge in [0.1, 0.15) is 12.4 Å². The molecule has 0 bridgehead atoms. The van der Waals surface area contributed by atoms with E-state index in [9.17, 15) is 4.79 Å². The maximum atomic E-state index is 11.1. The van der Waals surface area contributed by atoms with Crippen molar-refractivity contribution < 1.29 is 9.53 Å². The summed E-state index contributed by atoms with van der Waals surface area (Å²) in [5.41, 5.74) is 1.80. The van der Waals surface area contributed by atoms with E-state index in [1.54, 1.807) is 19.1 Å². The number of rotatable bonds is 4. The Labute approximate surface area is 115 Å². The highest BCUT2D eigenvalue weighted by atomic mass is 79.9. The molecule has 0 atom stereocenters. The van der Waals surface area contributed by atoms with Gasteiger partial charge >= 0.3 is 0 Å². The van der Waals surface area contributed by atoms with Gasteiger partial charge in [-0.05, 0) is 48.9 Å². The molecule has 0 spiro atoms. The molecule has 0 saturated heterocycles. The zero-order valence-corrected chi connectivity index (χ0v) is 11.6. The Bertz CT molecular complexity index is 547. The van der Waals surface area contributed by atoms with Crippen LogP contribution in [0.15, 0.2) is 53.0 Å². The first-order chi connectivity index (χ1) is 8.65. The number of halogens is 1. The number of benzene rings is 2. The molecule has 3 heteroatoms. The van der Waals surface area contributed by atoms with E-state index >= 15 is 0 Å². The maximum absolute atomic E-state index is 11.1. The van der Waals surface area contributed by atoms with Crippen LogP contribution in [0.2, 0.25) is 0 Å². The zero-order valence-electron chi connectivity index (χ0n) is 10.0. The Kier molecular flexibility index (Phi) is 4.15. The molecule has 0 saturated carbocycles. The van der Waals surface area contributed by atoms with Crippen LogP contribution >= 0.6 is 15.9 Å². The van der Waals surface area contributed by atoms with Crippen molar-refractivity contribution in [2.24, 2.45) is 0 Å². The summed E-state index contributed by atoms with van der Waals surface area (Å²) in [5, 5.41) is 0. The molecule has 2 nitrogen and oxygen atoms in total. The van der Waals surface area contributed by atoms with E-state index in [0.717, 1.165) is 15.8 Å². The fraction of sp³-hybridized carbons (Fsp3) is 0.133. The largest absolute Gasteiger partial charge is 0.489 e. The minimum Gasteiger partial charge on any atom is -0.489 e. The fourth-order valence-corrected chi connectivity index (χ4v) is 2.03. The van der Waals surface area contributed by atoms with Crippen LogP contribution in [-0.4, -0.2) is 5.78 Å². The normalized spacial score (nSPS) is 10.1. The lowest BCUT2D eigenvalue weighted by molar-refractivity contribution is 0.101. The van der Waals surface area contributed by atoms with Gasteiger partial charge in [-0.3, -0.25) is 4.79 Å². The van der Waals surface area contributed by atoms with Crippen LogP contribution in [0, 0.1) is 0 Å². The van der Waals surface area contributed by atoms with Gasteiger partial charge in [0.05, 0.1) is 0 Å². The lowest BCUT2D eigenvalue weighted by Crippen LogP contribution is -1.96. The lowest BCUT2D eigenvalue weighted by atomic mass is 10.1. The van der Waals surface area contributed by atoms with Crippen molar-refractivity contribution in [3.63, 3.8) is 0 Å². The molecule has 2 aromatic carbocycles. The molecular weight excluding hydrogens is 292 g/mol. The summed E-state index contributed by atoms with van der Waals surface area (Å²) in [7, 11) is 0. The molecule has 0 aromatic heterocycles. The number of Topliss-reactive ketones (excluding diaryl/α,β-unsaturated/α-hetero) is 1. The quantitative estimate of drug-likeness (QED) is 0.790. The summed E-state index contributed by atoms with van der Waals surface area (Å²) < 4.78 is 6.69. The van der Waals surface area contributed by atoms with Gasteiger partial charge in [0.15, 0.2) is 5.78 Å². The summed E-state index contributed by atoms with van der Waals surface area (Å²) in [4.78, 5) is 11.1. The maximum Gasteiger partial charge on any atom is 0.159 e. The molecule has 0 aliphatic carbocycles. The van der Waals surface area contributed by atoms with Gasteiger partial charge in [0, 0.05) is 10.0 Å². The first-order valence-electron chi connectivity index (χ1n) is 5.63. The average Bonchev–Trinajstić information content (AvgIpc) is 2.37. The number of carbonyl (C=O) groups excluding carboxylic acids is 1. The second-order valence-corrected chi connectivity index (χ2v) is 4.91. The van der Waals surface area contributed by atoms with Crippen molar-refractivity contribution in [1.82, 2.24) is 0 Å². The van der Waals surface area contributed by atoms with Crippen molar-refractivity contribution >= 4 is 21.7 Å². The summed E-state index contributed by atoms with van der Waals surface area (Å²) in [5.74, 6) is 0.827. The molecule has 18 heavy (non-hydrogen) atoms. The van der Waals surface area contributed by atoms with E-state index in [-0.39, 0.29) is 5.78 Å². The second kappa shape index (κ2) is 5.83. The van der Waals surface area contributed by atoms with E-state index in [4.69, 9.17) is 4.74 Å². The van der Waals surface area contributed by atoms with E-state index in [0.29, 0.717) is 12.2 Å². The Morgan fingerprint density at radius 1 is 1.17 bits per heavy atom. The average molecular weight is 305 g/mol. The van der Waals surface area contributed by atoms with Gasteiger partial charge in [-0.2, -0.15) is 0 Å². The third-order valence-electron chi connectivity index (χ3n) is 2.56. The van der Waals surface area contributed by atoms with Crippen molar-refractivity contribution in [2.45, 2.75) is 13.5 Å². The summed E-state index contributed by atoms with van der Waals surface area (Å²) in [6.07, 6.45) is 0. The van der Waals surface area contributed by atoms with E-state index in [2.05, 4.69) is 15.9 Å². The summed E-state index contributed by atoms with van der Waals surface area (Å²) >= 11 is 3.42. The van der Waals surface area contributed by atoms with Crippen LogP contribution in [0.3, 0.4) is 0 Å². The van der Waals surface area contributed by atoms with Gasteiger partial charge in [-0.25, -0.2) is 0 Å². The van der Waals surface area contributed by atoms with Gasteiger partial charge in [-0.15, -0.1) is 0 Å². The van der Waals surface area contributed by atoms with E-state index < -0.39 is 0 Å². The van der Waals surface area contributed by atoms with Crippen LogP contribution in [0.1, 0.15) is 22.8 Å². The first kappa shape index (κ1) is 12.8. The van der Waals surface area contributed by atoms with Crippen molar-refractivity contribution in [3.05, 3.63) is 64.1 Å². The van der Waals surface area contributed by atoms with Crippen molar-refractivity contribution in [1.29, 1.82) is 0 Å². The Morgan fingerprint density at radius 3 is 2.50 bits per heavy atom. The molecular formula is C15H13BrO2. The SMILES string of the molecule is CC(=O)c1ccc(OCc2cccc(Br)c2)cc1. The van der Waals surface area contributed by atoms with E-state index in [1.165, 1.54) is 0 Å². The topological polar surface area (TPSA) is 26.3 Å². The number of hydrogen-bond acceptors (Lipinski definition) is 2. The van der Waals surface area contributed by atoms with Crippen molar-refractivity contribution in [2.75, 3.05) is 0 Å². The summed E-state index contributed by atoms with van der Waals surface area (Å²) in [6, 6.07) is 15.2. The molecule has 0 fully saturated rings. The molecule has 0 aliphatic rings. The highest BCUT2D eigenvalue weighted by Gasteiger charge is 2.00. The lowest BCUT2D eigenvalue weighted by Gasteiger charge is -2.07. The van der Waals surface area contributed by atoms with Crippen LogP contribution in [0.25, 0.3) is 0 Å². The second-order valence-electron chi connectivity index (χ2n) is 4.00. The third kappa shape index (κ3) is 3.44. The molecule has 0 radical (unpaired) electrons. The number of ketones is 1. The number of ether oxygens (including phenoxy) is 1. The van der Waals surface area contributed by atoms with Crippen LogP contribution < -0.4 is 4.74 Å². The monoisotopic (exact) mass is 304 g/mol. The minimum absolute atomic E-state index is 0.0635. The molecule has 0 heterocycles. The molecule has 92 valence electrons. The minimum atomic E-state index is 0.0635. The zero-order chi connectivity index (χ0) is 13.0. The van der Waals surface area contributed by atoms with Crippen LogP contribution in [0.5, 0.6) is 5.75 Å². The Hall–Kier alpha value is -1.61. The van der Waals surface area contributed by atoms with Gasteiger partial charge in [0.25, 0.3) is 0 Å². The number of carbonyl (C=O) groups is 1. The van der Waals surface area contributed by atoms with Crippen LogP contribution in [0.4, 0.5) is 0 Å². The van der Waals surface area contributed by atoms with Crippen LogP contribution in [-0.2, 0) is 6.61 Å². The van der Waals surface area contributed by atoms with Gasteiger partial charge in [-0.1, -0.05) is 28.1 Å². The highest BCUT2D eigenvalue weighted by Crippen LogP contribution is 2.16. The standard InChI is InChI=1S/C15H13BrO2/c1-11(17)13-5-7-15(8-6-13)18-10-12-3-2-4-14(16)9-12/h2-9H,10H2,1H3. The number of hydrogen-bond donors (Lipinski definition) is 0. The van der Waals surface area contributed by atoms with Gasteiger partial charge < -0.3 is 4.74 Å². The predicted molar refractivity (Wildman–Crippen MR) is 74.9 cm³/mol. The van der Waals surface area contributed by atoms with Crippen molar-refractivity contribution in [3.8, 4) is 5.75 Å². The molecule has 2 rings (SSSR count). The third-order valence-corrected chi connectivity index (χ3v) is 3.05. The fourth-order valence-electron chi connectivity index (χ4n) is 1.58. The molecule has 0 unspecified atom stereocenters. The Balaban J connectivity index is 2.00. The molecule has 0 N–H and O–H groups in total. The predicted octanol–water partition coefficient (Wildman–Crippen LogP) is 4.23. The highest BCUT2D eigenvalue weighted by molar-refractivity contribution is 9.10. The van der Waals surface area contributed by atoms with Gasteiger partial charge in [0.2, 0.25) is 0 Å². The van der Waals surface area contributed by atoms with E-state index in [1.807, 2.05) is 36.4 Å². The molecule has 2 aromatic rings. The summed E-state index contributed by atoms with van der Waals surface area (Å²) in [6.45, 7) is 2.07. The molecule has 0 amide bonds. The molecule has 0 aliphatic heterocycles. The first-order valence-corrected chi connectivity index (χ1v) is 6.43.